The van der Waals surface area contributed by atoms with E-state index >= 15 is 0 Å². The Labute approximate surface area is 98.2 Å². The van der Waals surface area contributed by atoms with Crippen molar-refractivity contribution in [1.29, 1.82) is 0 Å². The maximum atomic E-state index is 6.15. The van der Waals surface area contributed by atoms with Crippen LogP contribution in [0.4, 0.5) is 0 Å². The van der Waals surface area contributed by atoms with Gasteiger partial charge in [-0.15, -0.1) is 0 Å². The summed E-state index contributed by atoms with van der Waals surface area (Å²) in [7, 11) is -2.39. The molecule has 0 rings (SSSR count). The average molecular weight is 249 g/mol. The van der Waals surface area contributed by atoms with Crippen LogP contribution >= 0.6 is 0 Å². The minimum Gasteiger partial charge on any atom is -0.458 e. The lowest BCUT2D eigenvalue weighted by Crippen LogP contribution is -2.41. The molecule has 1 atom stereocenters. The SMILES string of the molecule is CCCCOC[C@@H](C)[Si](C)(C)O[SiH](C)C. The van der Waals surface area contributed by atoms with Gasteiger partial charge in [0.1, 0.15) is 0 Å². The van der Waals surface area contributed by atoms with Crippen LogP contribution in [0.1, 0.15) is 26.7 Å². The monoisotopic (exact) mass is 248 g/mol. The molecule has 0 bridgehead atoms. The molecule has 15 heavy (non-hydrogen) atoms. The van der Waals surface area contributed by atoms with Crippen LogP contribution in [0.25, 0.3) is 0 Å². The van der Waals surface area contributed by atoms with Gasteiger partial charge >= 0.3 is 0 Å². The number of rotatable bonds is 8. The van der Waals surface area contributed by atoms with Crippen LogP contribution in [0, 0.1) is 0 Å². The first-order chi connectivity index (χ1) is 6.90. The zero-order valence-corrected chi connectivity index (χ0v) is 13.5. The fourth-order valence-electron chi connectivity index (χ4n) is 1.43. The average Bonchev–Trinajstić information content (AvgIpc) is 2.10. The van der Waals surface area contributed by atoms with Gasteiger partial charge < -0.3 is 8.85 Å². The van der Waals surface area contributed by atoms with Gasteiger partial charge in [0.25, 0.3) is 0 Å². The molecule has 0 aliphatic heterocycles. The normalized spacial score (nSPS) is 14.6. The quantitative estimate of drug-likeness (QED) is 0.484. The van der Waals surface area contributed by atoms with Crippen molar-refractivity contribution in [2.75, 3.05) is 13.2 Å². The van der Waals surface area contributed by atoms with E-state index in [4.69, 9.17) is 8.85 Å². The van der Waals surface area contributed by atoms with Gasteiger partial charge in [0.2, 0.25) is 0 Å². The molecular weight excluding hydrogens is 220 g/mol. The van der Waals surface area contributed by atoms with Crippen molar-refractivity contribution in [2.24, 2.45) is 0 Å². The molecule has 0 saturated carbocycles. The standard InChI is InChI=1S/C11H28O2Si2/c1-7-8-9-12-10-11(2)15(5,6)13-14(3)4/h11,14H,7-10H2,1-6H3/t11-/m1/s1. The molecule has 0 aromatic rings. The van der Waals surface area contributed by atoms with Crippen molar-refractivity contribution in [3.8, 4) is 0 Å². The summed E-state index contributed by atoms with van der Waals surface area (Å²) in [6.07, 6.45) is 2.39. The van der Waals surface area contributed by atoms with E-state index in [1.165, 1.54) is 12.8 Å². The van der Waals surface area contributed by atoms with Crippen LogP contribution in [0.5, 0.6) is 0 Å². The van der Waals surface area contributed by atoms with Crippen LogP contribution in [-0.4, -0.2) is 30.6 Å². The molecule has 0 aromatic carbocycles. The van der Waals surface area contributed by atoms with Crippen molar-refractivity contribution < 1.29 is 8.85 Å². The highest BCUT2D eigenvalue weighted by Crippen LogP contribution is 2.23. The van der Waals surface area contributed by atoms with Crippen LogP contribution in [0.2, 0.25) is 31.7 Å². The molecule has 0 fully saturated rings. The molecule has 0 aliphatic rings. The van der Waals surface area contributed by atoms with Crippen LogP contribution < -0.4 is 0 Å². The van der Waals surface area contributed by atoms with E-state index in [1.54, 1.807) is 0 Å². The van der Waals surface area contributed by atoms with Gasteiger partial charge in [-0.2, -0.15) is 0 Å². The second kappa shape index (κ2) is 7.60. The summed E-state index contributed by atoms with van der Waals surface area (Å²) >= 11 is 0. The first-order valence-electron chi connectivity index (χ1n) is 6.15. The van der Waals surface area contributed by atoms with Crippen molar-refractivity contribution in [3.05, 3.63) is 0 Å². The van der Waals surface area contributed by atoms with E-state index < -0.39 is 17.4 Å². The summed E-state index contributed by atoms with van der Waals surface area (Å²) in [5.41, 5.74) is 0.601. The third kappa shape index (κ3) is 7.27. The van der Waals surface area contributed by atoms with Crippen LogP contribution in [0.3, 0.4) is 0 Å². The highest BCUT2D eigenvalue weighted by molar-refractivity contribution is 6.78. The summed E-state index contributed by atoms with van der Waals surface area (Å²) < 4.78 is 11.8. The fraction of sp³-hybridized carbons (Fsp3) is 1.00. The maximum Gasteiger partial charge on any atom is 0.178 e. The van der Waals surface area contributed by atoms with Crippen molar-refractivity contribution in [3.63, 3.8) is 0 Å². The van der Waals surface area contributed by atoms with E-state index in [0.717, 1.165) is 13.2 Å². The molecule has 4 heteroatoms. The zero-order chi connectivity index (χ0) is 11.9. The number of unbranched alkanes of at least 4 members (excludes halogenated alkanes) is 1. The lowest BCUT2D eigenvalue weighted by Gasteiger charge is -2.31. The van der Waals surface area contributed by atoms with Crippen molar-refractivity contribution in [2.45, 2.75) is 58.4 Å². The van der Waals surface area contributed by atoms with E-state index in [2.05, 4.69) is 40.0 Å². The smallest absolute Gasteiger partial charge is 0.178 e. The largest absolute Gasteiger partial charge is 0.458 e. The Morgan fingerprint density at radius 3 is 2.33 bits per heavy atom. The van der Waals surface area contributed by atoms with Gasteiger partial charge in [-0.25, -0.2) is 0 Å². The number of hydrogen-bond acceptors (Lipinski definition) is 2. The first kappa shape index (κ1) is 15.4. The second-order valence-corrected chi connectivity index (χ2v) is 12.3. The number of hydrogen-bond donors (Lipinski definition) is 0. The van der Waals surface area contributed by atoms with E-state index in [1.807, 2.05) is 0 Å². The van der Waals surface area contributed by atoms with Crippen molar-refractivity contribution >= 4 is 17.4 Å². The highest BCUT2D eigenvalue weighted by atomic mass is 28.4. The molecule has 0 unspecified atom stereocenters. The van der Waals surface area contributed by atoms with Gasteiger partial charge in [0.15, 0.2) is 17.4 Å². The minimum absolute atomic E-state index is 0.601. The zero-order valence-electron chi connectivity index (χ0n) is 11.3. The summed E-state index contributed by atoms with van der Waals surface area (Å²) in [6, 6.07) is 0. The predicted molar refractivity (Wildman–Crippen MR) is 72.6 cm³/mol. The molecule has 0 spiro atoms. The third-order valence-electron chi connectivity index (χ3n) is 2.74. The molecule has 0 radical (unpaired) electrons. The van der Waals surface area contributed by atoms with Gasteiger partial charge in [0.05, 0.1) is 0 Å². The Kier molecular flexibility index (Phi) is 7.78. The summed E-state index contributed by atoms with van der Waals surface area (Å²) in [4.78, 5) is 0. The summed E-state index contributed by atoms with van der Waals surface area (Å²) in [6.45, 7) is 15.4. The summed E-state index contributed by atoms with van der Waals surface area (Å²) in [5, 5.41) is 0. The molecule has 92 valence electrons. The molecule has 0 saturated heterocycles. The molecule has 0 aliphatic carbocycles. The topological polar surface area (TPSA) is 18.5 Å². The predicted octanol–water partition coefficient (Wildman–Crippen LogP) is 3.40. The fourth-order valence-corrected chi connectivity index (χ4v) is 7.74. The van der Waals surface area contributed by atoms with Gasteiger partial charge in [-0.3, -0.25) is 0 Å². The molecule has 2 nitrogen and oxygen atoms in total. The lowest BCUT2D eigenvalue weighted by molar-refractivity contribution is 0.128. The lowest BCUT2D eigenvalue weighted by atomic mass is 10.4. The molecule has 0 aromatic heterocycles. The van der Waals surface area contributed by atoms with E-state index in [0.29, 0.717) is 5.54 Å². The van der Waals surface area contributed by atoms with Gasteiger partial charge in [-0.05, 0) is 38.2 Å². The van der Waals surface area contributed by atoms with Gasteiger partial charge in [0, 0.05) is 13.2 Å². The Bertz CT molecular complexity index is 161. The van der Waals surface area contributed by atoms with Crippen LogP contribution in [-0.2, 0) is 8.85 Å². The van der Waals surface area contributed by atoms with Crippen LogP contribution in [0.15, 0.2) is 0 Å². The third-order valence-corrected chi connectivity index (χ3v) is 9.59. The van der Waals surface area contributed by atoms with E-state index in [-0.39, 0.29) is 0 Å². The Balaban J connectivity index is 3.80. The molecule has 0 N–H and O–H groups in total. The van der Waals surface area contributed by atoms with Gasteiger partial charge in [-0.1, -0.05) is 20.3 Å². The molecule has 0 heterocycles. The Morgan fingerprint density at radius 1 is 1.27 bits per heavy atom. The van der Waals surface area contributed by atoms with E-state index in [9.17, 15) is 0 Å². The second-order valence-electron chi connectivity index (χ2n) is 5.10. The molecular formula is C11H28O2Si2. The van der Waals surface area contributed by atoms with Crippen molar-refractivity contribution in [1.82, 2.24) is 0 Å². The maximum absolute atomic E-state index is 6.15. The summed E-state index contributed by atoms with van der Waals surface area (Å²) in [5.74, 6) is 0. The molecule has 0 amide bonds. The Morgan fingerprint density at radius 2 is 1.87 bits per heavy atom. The minimum atomic E-state index is -1.49. The first-order valence-corrected chi connectivity index (χ1v) is 11.9. The highest BCUT2D eigenvalue weighted by Gasteiger charge is 2.30. The number of ether oxygens (including phenoxy) is 1. The Hall–Kier alpha value is 0.354.